The van der Waals surface area contributed by atoms with E-state index in [1.54, 1.807) is 0 Å². The van der Waals surface area contributed by atoms with Crippen molar-refractivity contribution >= 4 is 0 Å². The highest BCUT2D eigenvalue weighted by molar-refractivity contribution is 4.87. The Morgan fingerprint density at radius 1 is 1.42 bits per heavy atom. The molecule has 0 saturated carbocycles. The van der Waals surface area contributed by atoms with E-state index in [0.717, 1.165) is 13.1 Å². The largest absolute Gasteiger partial charge is 0.328 e. The van der Waals surface area contributed by atoms with Crippen molar-refractivity contribution in [3.63, 3.8) is 0 Å². The van der Waals surface area contributed by atoms with E-state index < -0.39 is 5.67 Å². The third-order valence-electron chi connectivity index (χ3n) is 2.79. The number of rotatable bonds is 2. The van der Waals surface area contributed by atoms with Gasteiger partial charge in [0.25, 0.3) is 0 Å². The normalized spacial score (nSPS) is 24.8. The zero-order valence-electron chi connectivity index (χ0n) is 8.02. The van der Waals surface area contributed by atoms with Gasteiger partial charge in [0.2, 0.25) is 0 Å². The summed E-state index contributed by atoms with van der Waals surface area (Å²) >= 11 is 0. The molecule has 2 N–H and O–H groups in total. The van der Waals surface area contributed by atoms with Crippen molar-refractivity contribution in [2.75, 3.05) is 19.6 Å². The highest BCUT2D eigenvalue weighted by Crippen LogP contribution is 2.25. The molecule has 1 saturated heterocycles. The van der Waals surface area contributed by atoms with Crippen LogP contribution in [0.1, 0.15) is 26.7 Å². The van der Waals surface area contributed by atoms with E-state index in [0.29, 0.717) is 18.9 Å². The van der Waals surface area contributed by atoms with Gasteiger partial charge in [-0.25, -0.2) is 4.39 Å². The Morgan fingerprint density at radius 3 is 2.25 bits per heavy atom. The van der Waals surface area contributed by atoms with Crippen LogP contribution in [0.4, 0.5) is 4.39 Å². The molecule has 0 radical (unpaired) electrons. The van der Waals surface area contributed by atoms with Gasteiger partial charge in [-0.15, -0.1) is 0 Å². The molecule has 0 unspecified atom stereocenters. The minimum Gasteiger partial charge on any atom is -0.328 e. The van der Waals surface area contributed by atoms with Crippen LogP contribution in [0.5, 0.6) is 0 Å². The Bertz CT molecular complexity index is 139. The summed E-state index contributed by atoms with van der Waals surface area (Å²) in [5, 5.41) is 0. The highest BCUT2D eigenvalue weighted by atomic mass is 19.1. The molecule has 0 aromatic carbocycles. The predicted octanol–water partition coefficient (Wildman–Crippen LogP) is 1.16. The summed E-state index contributed by atoms with van der Waals surface area (Å²) in [5.74, 6) is 0. The molecule has 72 valence electrons. The fourth-order valence-corrected chi connectivity index (χ4v) is 1.65. The number of hydrogen-bond donors (Lipinski definition) is 1. The molecule has 0 aliphatic carbocycles. The number of nitrogens with zero attached hydrogens (tertiary/aromatic N) is 1. The monoisotopic (exact) mass is 174 g/mol. The summed E-state index contributed by atoms with van der Waals surface area (Å²) < 4.78 is 13.6. The van der Waals surface area contributed by atoms with E-state index in [2.05, 4.69) is 18.7 Å². The van der Waals surface area contributed by atoms with Gasteiger partial charge in [-0.3, -0.25) is 0 Å². The molecule has 0 bridgehead atoms. The van der Waals surface area contributed by atoms with Crippen LogP contribution in [0, 0.1) is 0 Å². The summed E-state index contributed by atoms with van der Waals surface area (Å²) in [6.07, 6.45) is 1.20. The Labute approximate surface area is 73.9 Å². The molecule has 1 fully saturated rings. The molecule has 0 aromatic heterocycles. The Kier molecular flexibility index (Phi) is 3.07. The quantitative estimate of drug-likeness (QED) is 0.680. The first-order valence-electron chi connectivity index (χ1n) is 4.70. The maximum absolute atomic E-state index is 13.6. The van der Waals surface area contributed by atoms with Crippen molar-refractivity contribution in [2.24, 2.45) is 5.73 Å². The summed E-state index contributed by atoms with van der Waals surface area (Å²) in [6.45, 7) is 6.18. The third-order valence-corrected chi connectivity index (χ3v) is 2.79. The zero-order valence-corrected chi connectivity index (χ0v) is 8.02. The predicted molar refractivity (Wildman–Crippen MR) is 48.8 cm³/mol. The van der Waals surface area contributed by atoms with Crippen LogP contribution in [0.25, 0.3) is 0 Å². The van der Waals surface area contributed by atoms with Gasteiger partial charge in [-0.05, 0) is 26.7 Å². The third kappa shape index (κ3) is 2.17. The lowest BCUT2D eigenvalue weighted by molar-refractivity contribution is 0.0516. The minimum atomic E-state index is -1.08. The maximum atomic E-state index is 13.6. The average molecular weight is 174 g/mol. The van der Waals surface area contributed by atoms with Crippen molar-refractivity contribution in [1.29, 1.82) is 0 Å². The fraction of sp³-hybridized carbons (Fsp3) is 1.00. The van der Waals surface area contributed by atoms with Crippen LogP contribution in [-0.2, 0) is 0 Å². The van der Waals surface area contributed by atoms with Crippen molar-refractivity contribution < 1.29 is 4.39 Å². The fourth-order valence-electron chi connectivity index (χ4n) is 1.65. The average Bonchev–Trinajstić information content (AvgIpc) is 2.05. The lowest BCUT2D eigenvalue weighted by Gasteiger charge is -2.37. The Morgan fingerprint density at radius 2 is 1.92 bits per heavy atom. The Hall–Kier alpha value is -0.150. The molecule has 2 nitrogen and oxygen atoms in total. The zero-order chi connectivity index (χ0) is 9.19. The Balaban J connectivity index is 2.39. The molecule has 1 rings (SSSR count). The summed E-state index contributed by atoms with van der Waals surface area (Å²) in [7, 11) is 0. The number of hydrogen-bond acceptors (Lipinski definition) is 2. The van der Waals surface area contributed by atoms with Gasteiger partial charge in [0, 0.05) is 25.7 Å². The standard InChI is InChI=1S/C9H19FN2/c1-8(2)12-5-3-9(10,7-11)4-6-12/h8H,3-7,11H2,1-2H3. The SMILES string of the molecule is CC(C)N1CCC(F)(CN)CC1. The van der Waals surface area contributed by atoms with E-state index in [4.69, 9.17) is 5.73 Å². The molecule has 1 aliphatic rings. The smallest absolute Gasteiger partial charge is 0.125 e. The van der Waals surface area contributed by atoms with Crippen LogP contribution in [-0.4, -0.2) is 36.2 Å². The van der Waals surface area contributed by atoms with E-state index in [1.807, 2.05) is 0 Å². The van der Waals surface area contributed by atoms with Gasteiger partial charge < -0.3 is 10.6 Å². The van der Waals surface area contributed by atoms with Crippen LogP contribution >= 0.6 is 0 Å². The van der Waals surface area contributed by atoms with Gasteiger partial charge >= 0.3 is 0 Å². The lowest BCUT2D eigenvalue weighted by atomic mass is 9.93. The van der Waals surface area contributed by atoms with Crippen LogP contribution in [0.15, 0.2) is 0 Å². The lowest BCUT2D eigenvalue weighted by Crippen LogP contribution is -2.47. The molecule has 1 aliphatic heterocycles. The van der Waals surface area contributed by atoms with Crippen molar-refractivity contribution in [2.45, 2.75) is 38.4 Å². The molecule has 0 aromatic rings. The molecule has 0 atom stereocenters. The van der Waals surface area contributed by atoms with Gasteiger partial charge in [0.15, 0.2) is 0 Å². The van der Waals surface area contributed by atoms with Crippen molar-refractivity contribution in [1.82, 2.24) is 4.90 Å². The highest BCUT2D eigenvalue weighted by Gasteiger charge is 2.33. The van der Waals surface area contributed by atoms with Gasteiger partial charge in [0.1, 0.15) is 5.67 Å². The molecule has 1 heterocycles. The number of piperidine rings is 1. The second-order valence-corrected chi connectivity index (χ2v) is 3.98. The van der Waals surface area contributed by atoms with Gasteiger partial charge in [0.05, 0.1) is 0 Å². The van der Waals surface area contributed by atoms with Crippen molar-refractivity contribution in [3.05, 3.63) is 0 Å². The summed E-state index contributed by atoms with van der Waals surface area (Å²) in [6, 6.07) is 0.535. The van der Waals surface area contributed by atoms with E-state index in [-0.39, 0.29) is 6.54 Å². The molecule has 0 amide bonds. The molecular weight excluding hydrogens is 155 g/mol. The van der Waals surface area contributed by atoms with E-state index in [9.17, 15) is 4.39 Å². The molecule has 3 heteroatoms. The number of likely N-dealkylation sites (tertiary alicyclic amines) is 1. The van der Waals surface area contributed by atoms with E-state index >= 15 is 0 Å². The number of alkyl halides is 1. The second kappa shape index (κ2) is 3.71. The van der Waals surface area contributed by atoms with E-state index in [1.165, 1.54) is 0 Å². The minimum absolute atomic E-state index is 0.179. The molecule has 12 heavy (non-hydrogen) atoms. The van der Waals surface area contributed by atoms with Crippen LogP contribution in [0.2, 0.25) is 0 Å². The molecule has 0 spiro atoms. The first-order valence-corrected chi connectivity index (χ1v) is 4.70. The van der Waals surface area contributed by atoms with Gasteiger partial charge in [-0.1, -0.05) is 0 Å². The number of nitrogens with two attached hydrogens (primary N) is 1. The maximum Gasteiger partial charge on any atom is 0.125 e. The summed E-state index contributed by atoms with van der Waals surface area (Å²) in [5.41, 5.74) is 4.29. The summed E-state index contributed by atoms with van der Waals surface area (Å²) in [4.78, 5) is 2.30. The van der Waals surface area contributed by atoms with Crippen molar-refractivity contribution in [3.8, 4) is 0 Å². The topological polar surface area (TPSA) is 29.3 Å². The number of halogens is 1. The first kappa shape index (κ1) is 9.93. The van der Waals surface area contributed by atoms with Crippen LogP contribution < -0.4 is 5.73 Å². The second-order valence-electron chi connectivity index (χ2n) is 3.98. The first-order chi connectivity index (χ1) is 5.57. The molecular formula is C9H19FN2. The van der Waals surface area contributed by atoms with Crippen LogP contribution in [0.3, 0.4) is 0 Å². The van der Waals surface area contributed by atoms with Gasteiger partial charge in [-0.2, -0.15) is 0 Å².